The van der Waals surface area contributed by atoms with Crippen molar-refractivity contribution < 1.29 is 23.8 Å². The summed E-state index contributed by atoms with van der Waals surface area (Å²) in [6, 6.07) is 9.04. The summed E-state index contributed by atoms with van der Waals surface area (Å²) in [6.07, 6.45) is 3.25. The van der Waals surface area contributed by atoms with E-state index in [0.29, 0.717) is 18.4 Å². The maximum Gasteiger partial charge on any atom is 0.385 e. The summed E-state index contributed by atoms with van der Waals surface area (Å²) in [4.78, 5) is 24.5. The van der Waals surface area contributed by atoms with Gasteiger partial charge >= 0.3 is 11.9 Å². The van der Waals surface area contributed by atoms with Gasteiger partial charge in [0.2, 0.25) is 5.76 Å². The third kappa shape index (κ3) is 5.41. The lowest BCUT2D eigenvalue weighted by Gasteiger charge is -2.15. The van der Waals surface area contributed by atoms with Gasteiger partial charge in [-0.3, -0.25) is 4.79 Å². The van der Waals surface area contributed by atoms with Crippen LogP contribution in [0.1, 0.15) is 45.1 Å². The van der Waals surface area contributed by atoms with E-state index in [0.717, 1.165) is 12.8 Å². The number of benzene rings is 1. The maximum absolute atomic E-state index is 12.3. The van der Waals surface area contributed by atoms with Crippen molar-refractivity contribution in [1.82, 2.24) is 0 Å². The first-order chi connectivity index (χ1) is 11.6. The van der Waals surface area contributed by atoms with Crippen LogP contribution in [0.15, 0.2) is 36.1 Å². The fourth-order valence-electron chi connectivity index (χ4n) is 2.36. The molecular weight excluding hydrogens is 308 g/mol. The Bertz CT molecular complexity index is 562. The Kier molecular flexibility index (Phi) is 8.61. The van der Waals surface area contributed by atoms with Crippen LogP contribution in [0.4, 0.5) is 0 Å². The number of hydrogen-bond donors (Lipinski definition) is 0. The SMILES string of the molecule is CCCCC(CC)C(=O)OC(=O)C(OC)=C(OC)c1ccccc1. The van der Waals surface area contributed by atoms with Crippen LogP contribution >= 0.6 is 0 Å². The van der Waals surface area contributed by atoms with Crippen molar-refractivity contribution in [3.63, 3.8) is 0 Å². The zero-order chi connectivity index (χ0) is 17.9. The van der Waals surface area contributed by atoms with Crippen LogP contribution in [0.5, 0.6) is 0 Å². The van der Waals surface area contributed by atoms with Crippen LogP contribution in [0.2, 0.25) is 0 Å². The molecular formula is C19H26O5. The lowest BCUT2D eigenvalue weighted by Crippen LogP contribution is -2.23. The van der Waals surface area contributed by atoms with E-state index in [1.54, 1.807) is 12.1 Å². The molecule has 1 rings (SSSR count). The van der Waals surface area contributed by atoms with E-state index in [1.165, 1.54) is 14.2 Å². The van der Waals surface area contributed by atoms with Gasteiger partial charge in [0.25, 0.3) is 0 Å². The Labute approximate surface area is 143 Å². The van der Waals surface area contributed by atoms with Gasteiger partial charge in [-0.1, -0.05) is 57.0 Å². The zero-order valence-electron chi connectivity index (χ0n) is 14.8. The van der Waals surface area contributed by atoms with Gasteiger partial charge in [0.1, 0.15) is 0 Å². The van der Waals surface area contributed by atoms with Crippen LogP contribution in [0.25, 0.3) is 5.76 Å². The van der Waals surface area contributed by atoms with Gasteiger partial charge in [-0.15, -0.1) is 0 Å². The van der Waals surface area contributed by atoms with Crippen molar-refractivity contribution in [3.05, 3.63) is 41.7 Å². The van der Waals surface area contributed by atoms with Crippen LogP contribution < -0.4 is 0 Å². The molecule has 0 fully saturated rings. The highest BCUT2D eigenvalue weighted by atomic mass is 16.6. The monoisotopic (exact) mass is 334 g/mol. The minimum absolute atomic E-state index is 0.123. The van der Waals surface area contributed by atoms with Gasteiger partial charge in [-0.25, -0.2) is 4.79 Å². The molecule has 0 aromatic heterocycles. The molecule has 1 aromatic carbocycles. The number of ether oxygens (including phenoxy) is 3. The van der Waals surface area contributed by atoms with Gasteiger partial charge in [-0.2, -0.15) is 0 Å². The summed E-state index contributed by atoms with van der Waals surface area (Å²) in [7, 11) is 2.78. The average Bonchev–Trinajstić information content (AvgIpc) is 2.60. The number of methoxy groups -OCH3 is 2. The number of carbonyl (C=O) groups is 2. The minimum Gasteiger partial charge on any atom is -0.492 e. The molecule has 0 aliphatic carbocycles. The second kappa shape index (κ2) is 10.5. The summed E-state index contributed by atoms with van der Waals surface area (Å²) < 4.78 is 15.4. The number of unbranched alkanes of at least 4 members (excludes halogenated alkanes) is 1. The topological polar surface area (TPSA) is 61.8 Å². The first-order valence-electron chi connectivity index (χ1n) is 8.22. The van der Waals surface area contributed by atoms with E-state index in [-0.39, 0.29) is 17.4 Å². The highest BCUT2D eigenvalue weighted by molar-refractivity contribution is 6.00. The Morgan fingerprint density at radius 2 is 1.71 bits per heavy atom. The molecule has 0 spiro atoms. The predicted octanol–water partition coefficient (Wildman–Crippen LogP) is 3.93. The Balaban J connectivity index is 2.96. The standard InChI is InChI=1S/C19H26O5/c1-5-7-11-14(6-2)18(20)24-19(21)17(23-4)16(22-3)15-12-9-8-10-13-15/h8-10,12-14H,5-7,11H2,1-4H3. The van der Waals surface area contributed by atoms with Crippen molar-refractivity contribution in [2.24, 2.45) is 5.92 Å². The van der Waals surface area contributed by atoms with Gasteiger partial charge < -0.3 is 14.2 Å². The average molecular weight is 334 g/mol. The van der Waals surface area contributed by atoms with Gasteiger partial charge in [0, 0.05) is 5.56 Å². The Hall–Kier alpha value is -2.30. The molecule has 5 nitrogen and oxygen atoms in total. The molecule has 0 amide bonds. The molecule has 1 aromatic rings. The summed E-state index contributed by atoms with van der Waals surface area (Å²) in [5.41, 5.74) is 0.666. The Morgan fingerprint density at radius 1 is 1.04 bits per heavy atom. The van der Waals surface area contributed by atoms with E-state index in [1.807, 2.05) is 25.1 Å². The Morgan fingerprint density at radius 3 is 2.21 bits per heavy atom. The van der Waals surface area contributed by atoms with Crippen LogP contribution in [0, 0.1) is 5.92 Å². The molecule has 0 N–H and O–H groups in total. The van der Waals surface area contributed by atoms with Crippen molar-refractivity contribution in [2.75, 3.05) is 14.2 Å². The minimum atomic E-state index is -0.835. The molecule has 1 unspecified atom stereocenters. The van der Waals surface area contributed by atoms with Crippen LogP contribution in [-0.4, -0.2) is 26.2 Å². The van der Waals surface area contributed by atoms with Crippen LogP contribution in [-0.2, 0) is 23.8 Å². The molecule has 132 valence electrons. The van der Waals surface area contributed by atoms with E-state index in [2.05, 4.69) is 6.92 Å². The highest BCUT2D eigenvalue weighted by Gasteiger charge is 2.26. The molecule has 1 atom stereocenters. The summed E-state index contributed by atoms with van der Waals surface area (Å²) in [5, 5.41) is 0. The van der Waals surface area contributed by atoms with Crippen molar-refractivity contribution in [2.45, 2.75) is 39.5 Å². The number of rotatable bonds is 9. The molecule has 0 heterocycles. The third-order valence-electron chi connectivity index (χ3n) is 3.76. The number of hydrogen-bond acceptors (Lipinski definition) is 5. The van der Waals surface area contributed by atoms with Gasteiger partial charge in [-0.05, 0) is 12.8 Å². The molecule has 0 saturated carbocycles. The maximum atomic E-state index is 12.3. The first kappa shape index (κ1) is 19.7. The smallest absolute Gasteiger partial charge is 0.385 e. The van der Waals surface area contributed by atoms with E-state index in [4.69, 9.17) is 14.2 Å². The van der Waals surface area contributed by atoms with E-state index >= 15 is 0 Å². The quantitative estimate of drug-likeness (QED) is 0.296. The van der Waals surface area contributed by atoms with E-state index in [9.17, 15) is 9.59 Å². The molecule has 0 aliphatic rings. The molecule has 0 radical (unpaired) electrons. The van der Waals surface area contributed by atoms with E-state index < -0.39 is 11.9 Å². The summed E-state index contributed by atoms with van der Waals surface area (Å²) >= 11 is 0. The molecule has 5 heteroatoms. The van der Waals surface area contributed by atoms with Crippen LogP contribution in [0.3, 0.4) is 0 Å². The van der Waals surface area contributed by atoms with Crippen molar-refractivity contribution in [1.29, 1.82) is 0 Å². The molecule has 0 aliphatic heterocycles. The predicted molar refractivity (Wildman–Crippen MR) is 91.8 cm³/mol. The normalized spacial score (nSPS) is 12.8. The molecule has 0 saturated heterocycles. The largest absolute Gasteiger partial charge is 0.492 e. The van der Waals surface area contributed by atoms with Crippen molar-refractivity contribution in [3.8, 4) is 0 Å². The lowest BCUT2D eigenvalue weighted by molar-refractivity contribution is -0.162. The van der Waals surface area contributed by atoms with Crippen molar-refractivity contribution >= 4 is 17.7 Å². The fourth-order valence-corrected chi connectivity index (χ4v) is 2.36. The zero-order valence-corrected chi connectivity index (χ0v) is 14.8. The fraction of sp³-hybridized carbons (Fsp3) is 0.474. The lowest BCUT2D eigenvalue weighted by atomic mass is 10.00. The molecule has 24 heavy (non-hydrogen) atoms. The summed E-state index contributed by atoms with van der Waals surface area (Å²) in [6.45, 7) is 3.96. The molecule has 0 bridgehead atoms. The third-order valence-corrected chi connectivity index (χ3v) is 3.76. The number of esters is 2. The van der Waals surface area contributed by atoms with Gasteiger partial charge in [0.05, 0.1) is 20.1 Å². The van der Waals surface area contributed by atoms with Gasteiger partial charge in [0.15, 0.2) is 5.76 Å². The highest BCUT2D eigenvalue weighted by Crippen LogP contribution is 2.22. The second-order valence-electron chi connectivity index (χ2n) is 5.39. The number of carbonyl (C=O) groups excluding carboxylic acids is 2. The first-order valence-corrected chi connectivity index (χ1v) is 8.22. The second-order valence-corrected chi connectivity index (χ2v) is 5.39. The summed E-state index contributed by atoms with van der Waals surface area (Å²) in [5.74, 6) is -1.53.